The average Bonchev–Trinajstić information content (AvgIpc) is 2.34. The molecule has 0 unspecified atom stereocenters. The van der Waals surface area contributed by atoms with Crippen molar-refractivity contribution in [3.63, 3.8) is 0 Å². The quantitative estimate of drug-likeness (QED) is 0.528. The molecule has 0 aliphatic rings. The Morgan fingerprint density at radius 3 is 3.30 bits per heavy atom. The van der Waals surface area contributed by atoms with Crippen molar-refractivity contribution < 1.29 is 0 Å². The maximum atomic E-state index is 3.98. The third-order valence-electron chi connectivity index (χ3n) is 1.59. The molecule has 2 rings (SSSR count). The second-order valence-electron chi connectivity index (χ2n) is 2.28. The van der Waals surface area contributed by atoms with Gasteiger partial charge < -0.3 is 4.57 Å². The Kier molecular flexibility index (Phi) is 1.01. The highest BCUT2D eigenvalue weighted by Crippen LogP contribution is 2.10. The van der Waals surface area contributed by atoms with Crippen LogP contribution in [0.15, 0.2) is 24.7 Å². The lowest BCUT2D eigenvalue weighted by molar-refractivity contribution is 0.967. The largest absolute Gasteiger partial charge is 0.350 e. The fourth-order valence-electron chi connectivity index (χ4n) is 1.04. The Hall–Kier alpha value is -1.31. The summed E-state index contributed by atoms with van der Waals surface area (Å²) >= 11 is 0. The fourth-order valence-corrected chi connectivity index (χ4v) is 1.04. The highest BCUT2D eigenvalue weighted by Gasteiger charge is 1.93. The van der Waals surface area contributed by atoms with Gasteiger partial charge >= 0.3 is 0 Å². The molecule has 2 aromatic rings. The summed E-state index contributed by atoms with van der Waals surface area (Å²) in [5, 5.41) is 1.07. The minimum Gasteiger partial charge on any atom is -0.350 e. The van der Waals surface area contributed by atoms with Crippen LogP contribution in [0.4, 0.5) is 0 Å². The fraction of sp³-hybridized carbons (Fsp3) is 0.125. The molecule has 0 aliphatic heterocycles. The van der Waals surface area contributed by atoms with Gasteiger partial charge in [-0.3, -0.25) is 4.98 Å². The average molecular weight is 131 g/mol. The number of nitrogens with zero attached hydrogens (tertiary/aromatic N) is 2. The summed E-state index contributed by atoms with van der Waals surface area (Å²) in [7, 11) is 2.00. The van der Waals surface area contributed by atoms with E-state index in [2.05, 4.69) is 11.1 Å². The minimum atomic E-state index is 1.07. The van der Waals surface area contributed by atoms with E-state index in [0.717, 1.165) is 5.39 Å². The Balaban J connectivity index is 2.93. The van der Waals surface area contributed by atoms with Crippen molar-refractivity contribution in [1.29, 1.82) is 0 Å². The second-order valence-corrected chi connectivity index (χ2v) is 2.28. The zero-order valence-electron chi connectivity index (χ0n) is 5.70. The van der Waals surface area contributed by atoms with E-state index in [1.165, 1.54) is 5.52 Å². The first kappa shape index (κ1) is 5.47. The SMILES string of the molecule is Cn1c[c]c2cnccc21. The van der Waals surface area contributed by atoms with Crippen LogP contribution in [0, 0.1) is 6.07 Å². The number of aryl methyl sites for hydroxylation is 1. The van der Waals surface area contributed by atoms with E-state index in [-0.39, 0.29) is 0 Å². The smallest absolute Gasteiger partial charge is 0.0515 e. The molecule has 2 nitrogen and oxygen atoms in total. The lowest BCUT2D eigenvalue weighted by Gasteiger charge is -1.91. The van der Waals surface area contributed by atoms with Gasteiger partial charge in [-0.25, -0.2) is 0 Å². The van der Waals surface area contributed by atoms with Gasteiger partial charge in [0.05, 0.1) is 5.52 Å². The lowest BCUT2D eigenvalue weighted by Crippen LogP contribution is -1.82. The number of aromatic nitrogens is 2. The molecular formula is C8H7N2. The third-order valence-corrected chi connectivity index (χ3v) is 1.59. The van der Waals surface area contributed by atoms with Gasteiger partial charge in [0.25, 0.3) is 0 Å². The molecule has 2 aromatic heterocycles. The molecule has 2 heteroatoms. The van der Waals surface area contributed by atoms with Gasteiger partial charge in [0.15, 0.2) is 0 Å². The number of rotatable bonds is 0. The molecule has 0 aromatic carbocycles. The third kappa shape index (κ3) is 0.620. The van der Waals surface area contributed by atoms with E-state index in [4.69, 9.17) is 0 Å². The molecule has 0 N–H and O–H groups in total. The van der Waals surface area contributed by atoms with Crippen molar-refractivity contribution in [3.05, 3.63) is 30.7 Å². The number of pyridine rings is 1. The molecule has 0 aliphatic carbocycles. The molecule has 10 heavy (non-hydrogen) atoms. The predicted octanol–water partition coefficient (Wildman–Crippen LogP) is 1.37. The van der Waals surface area contributed by atoms with Gasteiger partial charge in [0.1, 0.15) is 0 Å². The molecule has 0 saturated carbocycles. The summed E-state index contributed by atoms with van der Waals surface area (Å²) in [4.78, 5) is 3.98. The second kappa shape index (κ2) is 1.84. The molecular weight excluding hydrogens is 124 g/mol. The maximum absolute atomic E-state index is 3.98. The topological polar surface area (TPSA) is 17.8 Å². The first-order chi connectivity index (χ1) is 4.88. The highest BCUT2D eigenvalue weighted by atomic mass is 14.9. The summed E-state index contributed by atoms with van der Waals surface area (Å²) in [5.41, 5.74) is 1.18. The highest BCUT2D eigenvalue weighted by molar-refractivity contribution is 5.77. The van der Waals surface area contributed by atoms with Crippen molar-refractivity contribution in [1.82, 2.24) is 9.55 Å². The number of hydrogen-bond donors (Lipinski definition) is 0. The van der Waals surface area contributed by atoms with Crippen molar-refractivity contribution in [2.45, 2.75) is 0 Å². The van der Waals surface area contributed by atoms with E-state index in [1.807, 2.05) is 30.1 Å². The summed E-state index contributed by atoms with van der Waals surface area (Å²) in [6, 6.07) is 5.07. The van der Waals surface area contributed by atoms with Crippen LogP contribution in [-0.4, -0.2) is 9.55 Å². The number of hydrogen-bond acceptors (Lipinski definition) is 1. The van der Waals surface area contributed by atoms with E-state index in [9.17, 15) is 0 Å². The summed E-state index contributed by atoms with van der Waals surface area (Å²) < 4.78 is 2.02. The monoisotopic (exact) mass is 131 g/mol. The van der Waals surface area contributed by atoms with Crippen molar-refractivity contribution in [2.75, 3.05) is 0 Å². The normalized spacial score (nSPS) is 10.5. The standard InChI is InChI=1S/C8H7N2/c1-10-5-3-7-6-9-4-2-8(7)10/h2,4-6H,1H3. The summed E-state index contributed by atoms with van der Waals surface area (Å²) in [5.74, 6) is 0. The van der Waals surface area contributed by atoms with Crippen molar-refractivity contribution >= 4 is 10.9 Å². The van der Waals surface area contributed by atoms with E-state index < -0.39 is 0 Å². The Morgan fingerprint density at radius 1 is 1.60 bits per heavy atom. The lowest BCUT2D eigenvalue weighted by atomic mass is 10.3. The maximum Gasteiger partial charge on any atom is 0.0515 e. The molecule has 0 atom stereocenters. The number of fused-ring (bicyclic) bond motifs is 1. The van der Waals surface area contributed by atoms with E-state index in [0.29, 0.717) is 0 Å². The summed E-state index contributed by atoms with van der Waals surface area (Å²) in [6.45, 7) is 0. The zero-order valence-corrected chi connectivity index (χ0v) is 5.70. The summed E-state index contributed by atoms with van der Waals surface area (Å²) in [6.07, 6.45) is 5.51. The molecule has 0 spiro atoms. The molecule has 49 valence electrons. The van der Waals surface area contributed by atoms with Crippen LogP contribution in [0.5, 0.6) is 0 Å². The molecule has 1 radical (unpaired) electrons. The first-order valence-electron chi connectivity index (χ1n) is 3.14. The van der Waals surface area contributed by atoms with Crippen LogP contribution in [0.25, 0.3) is 10.9 Å². The molecule has 0 bridgehead atoms. The van der Waals surface area contributed by atoms with Crippen LogP contribution < -0.4 is 0 Å². The van der Waals surface area contributed by atoms with Crippen molar-refractivity contribution in [2.24, 2.45) is 7.05 Å². The van der Waals surface area contributed by atoms with Gasteiger partial charge in [-0.2, -0.15) is 0 Å². The van der Waals surface area contributed by atoms with Gasteiger partial charge in [-0.15, -0.1) is 0 Å². The predicted molar refractivity (Wildman–Crippen MR) is 39.6 cm³/mol. The molecule has 0 fully saturated rings. The van der Waals surface area contributed by atoms with Gasteiger partial charge in [-0.05, 0) is 6.07 Å². The van der Waals surface area contributed by atoms with E-state index >= 15 is 0 Å². The molecule has 0 amide bonds. The Labute approximate surface area is 59.1 Å². The minimum absolute atomic E-state index is 1.07. The Morgan fingerprint density at radius 2 is 2.50 bits per heavy atom. The molecule has 2 heterocycles. The van der Waals surface area contributed by atoms with Crippen LogP contribution in [-0.2, 0) is 7.05 Å². The van der Waals surface area contributed by atoms with Crippen LogP contribution in [0.2, 0.25) is 0 Å². The van der Waals surface area contributed by atoms with Gasteiger partial charge in [0.2, 0.25) is 0 Å². The van der Waals surface area contributed by atoms with Crippen molar-refractivity contribution in [3.8, 4) is 0 Å². The van der Waals surface area contributed by atoms with Crippen LogP contribution in [0.1, 0.15) is 0 Å². The molecule has 0 saturated heterocycles. The first-order valence-corrected chi connectivity index (χ1v) is 3.14. The van der Waals surface area contributed by atoms with Crippen LogP contribution in [0.3, 0.4) is 0 Å². The van der Waals surface area contributed by atoms with Gasteiger partial charge in [-0.1, -0.05) is 0 Å². The Bertz CT molecular complexity index is 349. The van der Waals surface area contributed by atoms with Crippen LogP contribution >= 0.6 is 0 Å². The van der Waals surface area contributed by atoms with E-state index in [1.54, 1.807) is 6.20 Å². The van der Waals surface area contributed by atoms with Gasteiger partial charge in [0, 0.05) is 37.1 Å². The zero-order chi connectivity index (χ0) is 6.97.